The number of alkyl halides is 1. The average molecular weight is 225 g/mol. The van der Waals surface area contributed by atoms with Gasteiger partial charge >= 0.3 is 0 Å². The lowest BCUT2D eigenvalue weighted by Gasteiger charge is -2.16. The zero-order chi connectivity index (χ0) is 11.6. The third-order valence-electron chi connectivity index (χ3n) is 3.34. The molecule has 16 heavy (non-hydrogen) atoms. The first kappa shape index (κ1) is 11.6. The van der Waals surface area contributed by atoms with Crippen molar-refractivity contribution in [2.75, 3.05) is 6.54 Å². The Kier molecular flexibility index (Phi) is 3.28. The van der Waals surface area contributed by atoms with E-state index in [9.17, 15) is 4.39 Å². The maximum absolute atomic E-state index is 13.7. The standard InChI is InChI=1S/C12H20FN3/c1-12(13,9-14)8-10-6-7-16(15-10)11-4-2-3-5-11/h6-7,11H,2-5,8-9,14H2,1H3. The van der Waals surface area contributed by atoms with Crippen LogP contribution in [0.3, 0.4) is 0 Å². The predicted molar refractivity (Wildman–Crippen MR) is 62.0 cm³/mol. The van der Waals surface area contributed by atoms with Gasteiger partial charge in [0.25, 0.3) is 0 Å². The van der Waals surface area contributed by atoms with E-state index in [-0.39, 0.29) is 6.54 Å². The number of hydrogen-bond donors (Lipinski definition) is 1. The second-order valence-corrected chi connectivity index (χ2v) is 5.02. The molecule has 1 unspecified atom stereocenters. The summed E-state index contributed by atoms with van der Waals surface area (Å²) in [7, 11) is 0. The van der Waals surface area contributed by atoms with Gasteiger partial charge in [-0.2, -0.15) is 5.10 Å². The van der Waals surface area contributed by atoms with Gasteiger partial charge in [0.2, 0.25) is 0 Å². The van der Waals surface area contributed by atoms with E-state index in [2.05, 4.69) is 5.10 Å². The van der Waals surface area contributed by atoms with Crippen LogP contribution in [0.5, 0.6) is 0 Å². The Morgan fingerprint density at radius 1 is 1.56 bits per heavy atom. The summed E-state index contributed by atoms with van der Waals surface area (Å²) in [5.41, 5.74) is 4.84. The van der Waals surface area contributed by atoms with Crippen molar-refractivity contribution in [1.82, 2.24) is 9.78 Å². The second-order valence-electron chi connectivity index (χ2n) is 5.02. The van der Waals surface area contributed by atoms with Gasteiger partial charge < -0.3 is 5.73 Å². The Hall–Kier alpha value is -0.900. The van der Waals surface area contributed by atoms with E-state index in [1.165, 1.54) is 32.6 Å². The number of hydrogen-bond acceptors (Lipinski definition) is 2. The zero-order valence-electron chi connectivity index (χ0n) is 9.82. The van der Waals surface area contributed by atoms with Crippen molar-refractivity contribution >= 4 is 0 Å². The third kappa shape index (κ3) is 2.61. The molecule has 0 aromatic carbocycles. The van der Waals surface area contributed by atoms with Crippen LogP contribution in [0.15, 0.2) is 12.3 Å². The Morgan fingerprint density at radius 2 is 2.25 bits per heavy atom. The summed E-state index contributed by atoms with van der Waals surface area (Å²) in [6.07, 6.45) is 7.24. The molecule has 0 amide bonds. The Morgan fingerprint density at radius 3 is 2.88 bits per heavy atom. The fraction of sp³-hybridized carbons (Fsp3) is 0.750. The molecule has 1 fully saturated rings. The molecule has 1 saturated carbocycles. The summed E-state index contributed by atoms with van der Waals surface area (Å²) in [6.45, 7) is 1.57. The van der Waals surface area contributed by atoms with Gasteiger partial charge in [-0.05, 0) is 25.8 Å². The highest BCUT2D eigenvalue weighted by Crippen LogP contribution is 2.29. The van der Waals surface area contributed by atoms with Crippen molar-refractivity contribution in [2.24, 2.45) is 5.73 Å². The van der Waals surface area contributed by atoms with Crippen molar-refractivity contribution < 1.29 is 4.39 Å². The molecule has 1 aliphatic carbocycles. The van der Waals surface area contributed by atoms with E-state index in [4.69, 9.17) is 5.73 Å². The van der Waals surface area contributed by atoms with Crippen LogP contribution in [0.2, 0.25) is 0 Å². The van der Waals surface area contributed by atoms with Gasteiger partial charge in [-0.3, -0.25) is 4.68 Å². The minimum absolute atomic E-state index is 0.0449. The number of nitrogens with zero attached hydrogens (tertiary/aromatic N) is 2. The molecule has 2 N–H and O–H groups in total. The first-order valence-electron chi connectivity index (χ1n) is 6.04. The molecule has 1 atom stereocenters. The molecule has 90 valence electrons. The van der Waals surface area contributed by atoms with E-state index >= 15 is 0 Å². The lowest BCUT2D eigenvalue weighted by molar-refractivity contribution is 0.197. The van der Waals surface area contributed by atoms with Crippen LogP contribution in [0.4, 0.5) is 4.39 Å². The highest BCUT2D eigenvalue weighted by atomic mass is 19.1. The van der Waals surface area contributed by atoms with Crippen LogP contribution in [-0.2, 0) is 6.42 Å². The lowest BCUT2D eigenvalue weighted by atomic mass is 10.0. The molecule has 1 aromatic heterocycles. The van der Waals surface area contributed by atoms with Gasteiger partial charge in [0.15, 0.2) is 0 Å². The van der Waals surface area contributed by atoms with Crippen molar-refractivity contribution in [3.05, 3.63) is 18.0 Å². The molecule has 1 heterocycles. The largest absolute Gasteiger partial charge is 0.328 e. The summed E-state index contributed by atoms with van der Waals surface area (Å²) in [5.74, 6) is 0. The molecular formula is C12H20FN3. The topological polar surface area (TPSA) is 43.8 Å². The summed E-state index contributed by atoms with van der Waals surface area (Å²) in [6, 6.07) is 2.43. The lowest BCUT2D eigenvalue weighted by Crippen LogP contribution is -2.31. The number of halogens is 1. The second kappa shape index (κ2) is 4.53. The zero-order valence-corrected chi connectivity index (χ0v) is 9.82. The van der Waals surface area contributed by atoms with Crippen LogP contribution in [-0.4, -0.2) is 22.0 Å². The van der Waals surface area contributed by atoms with Crippen molar-refractivity contribution in [2.45, 2.75) is 50.7 Å². The maximum Gasteiger partial charge on any atom is 0.126 e. The molecule has 3 nitrogen and oxygen atoms in total. The van der Waals surface area contributed by atoms with Gasteiger partial charge in [-0.25, -0.2) is 4.39 Å². The van der Waals surface area contributed by atoms with Crippen LogP contribution in [0.1, 0.15) is 44.3 Å². The molecule has 4 heteroatoms. The highest BCUT2D eigenvalue weighted by molar-refractivity contribution is 5.04. The maximum atomic E-state index is 13.7. The first-order valence-corrected chi connectivity index (χ1v) is 6.04. The van der Waals surface area contributed by atoms with Crippen molar-refractivity contribution in [3.63, 3.8) is 0 Å². The van der Waals surface area contributed by atoms with Gasteiger partial charge in [0, 0.05) is 19.2 Å². The van der Waals surface area contributed by atoms with E-state index < -0.39 is 5.67 Å². The van der Waals surface area contributed by atoms with Gasteiger partial charge in [0.1, 0.15) is 5.67 Å². The number of rotatable bonds is 4. The fourth-order valence-electron chi connectivity index (χ4n) is 2.29. The Bertz CT molecular complexity index is 340. The molecule has 1 aromatic rings. The van der Waals surface area contributed by atoms with Crippen LogP contribution >= 0.6 is 0 Å². The van der Waals surface area contributed by atoms with Crippen LogP contribution in [0, 0.1) is 0 Å². The van der Waals surface area contributed by atoms with E-state index in [1.807, 2.05) is 16.9 Å². The Balaban J connectivity index is 2.01. The molecule has 0 aliphatic heterocycles. The average Bonchev–Trinajstić information content (AvgIpc) is 2.86. The van der Waals surface area contributed by atoms with Gasteiger partial charge in [-0.15, -0.1) is 0 Å². The molecule has 0 spiro atoms. The summed E-state index contributed by atoms with van der Waals surface area (Å²) in [5, 5.41) is 4.45. The summed E-state index contributed by atoms with van der Waals surface area (Å²) >= 11 is 0. The van der Waals surface area contributed by atoms with E-state index in [0.717, 1.165) is 5.69 Å². The normalized spacial score (nSPS) is 21.2. The third-order valence-corrected chi connectivity index (χ3v) is 3.34. The molecule has 0 bridgehead atoms. The molecule has 0 radical (unpaired) electrons. The minimum atomic E-state index is -1.34. The number of aromatic nitrogens is 2. The molecular weight excluding hydrogens is 205 g/mol. The SMILES string of the molecule is CC(F)(CN)Cc1ccn(C2CCCC2)n1. The van der Waals surface area contributed by atoms with Gasteiger partial charge in [0.05, 0.1) is 11.7 Å². The first-order chi connectivity index (χ1) is 7.61. The fourth-order valence-corrected chi connectivity index (χ4v) is 2.29. The predicted octanol–water partition coefficient (Wildman–Crippen LogP) is 2.23. The monoisotopic (exact) mass is 225 g/mol. The summed E-state index contributed by atoms with van der Waals surface area (Å²) < 4.78 is 15.7. The van der Waals surface area contributed by atoms with Crippen LogP contribution in [0.25, 0.3) is 0 Å². The molecule has 1 aliphatic rings. The van der Waals surface area contributed by atoms with Crippen molar-refractivity contribution in [3.8, 4) is 0 Å². The molecule has 2 rings (SSSR count). The highest BCUT2D eigenvalue weighted by Gasteiger charge is 2.24. The van der Waals surface area contributed by atoms with E-state index in [0.29, 0.717) is 12.5 Å². The summed E-state index contributed by atoms with van der Waals surface area (Å²) in [4.78, 5) is 0. The minimum Gasteiger partial charge on any atom is -0.328 e. The van der Waals surface area contributed by atoms with E-state index in [1.54, 1.807) is 0 Å². The number of nitrogens with two attached hydrogens (primary N) is 1. The Labute approximate surface area is 95.8 Å². The quantitative estimate of drug-likeness (QED) is 0.854. The van der Waals surface area contributed by atoms with Crippen LogP contribution < -0.4 is 5.73 Å². The molecule has 0 saturated heterocycles. The van der Waals surface area contributed by atoms with Crippen molar-refractivity contribution in [1.29, 1.82) is 0 Å². The smallest absolute Gasteiger partial charge is 0.126 e. The van der Waals surface area contributed by atoms with Gasteiger partial charge in [-0.1, -0.05) is 12.8 Å².